The van der Waals surface area contributed by atoms with Crippen LogP contribution in [-0.2, 0) is 17.5 Å². The molecule has 0 aliphatic carbocycles. The zero-order valence-corrected chi connectivity index (χ0v) is 17.0. The molecule has 3 N–H and O–H groups in total. The van der Waals surface area contributed by atoms with Gasteiger partial charge in [0.2, 0.25) is 5.91 Å². The van der Waals surface area contributed by atoms with E-state index >= 15 is 0 Å². The Kier molecular flexibility index (Phi) is 5.66. The van der Waals surface area contributed by atoms with Gasteiger partial charge in [0.05, 0.1) is 22.7 Å². The number of hydrogen-bond acceptors (Lipinski definition) is 5. The lowest BCUT2D eigenvalue weighted by molar-refractivity contribution is -0.137. The van der Waals surface area contributed by atoms with Crippen molar-refractivity contribution in [3.05, 3.63) is 70.3 Å². The van der Waals surface area contributed by atoms with Gasteiger partial charge in [-0.15, -0.1) is 0 Å². The maximum absolute atomic E-state index is 12.9. The van der Waals surface area contributed by atoms with Crippen LogP contribution in [0.25, 0.3) is 0 Å². The molecule has 0 bridgehead atoms. The second kappa shape index (κ2) is 8.32. The number of aliphatic hydroxyl groups is 1. The zero-order chi connectivity index (χ0) is 23.9. The summed E-state index contributed by atoms with van der Waals surface area (Å²) in [6.07, 6.45) is -5.67. The minimum absolute atomic E-state index is 0.0310. The van der Waals surface area contributed by atoms with E-state index in [0.717, 1.165) is 29.2 Å². The summed E-state index contributed by atoms with van der Waals surface area (Å²) in [5.74, 6) is -2.18. The molecule has 2 atom stereocenters. The Labute approximate surface area is 185 Å². The van der Waals surface area contributed by atoms with Crippen molar-refractivity contribution in [1.82, 2.24) is 15.5 Å². The van der Waals surface area contributed by atoms with Gasteiger partial charge in [0, 0.05) is 18.5 Å². The van der Waals surface area contributed by atoms with Gasteiger partial charge in [-0.2, -0.15) is 13.2 Å². The van der Waals surface area contributed by atoms with E-state index in [1.165, 1.54) is 12.1 Å². The van der Waals surface area contributed by atoms with E-state index in [0.29, 0.717) is 5.56 Å². The first-order valence-electron chi connectivity index (χ1n) is 10.00. The maximum Gasteiger partial charge on any atom is 0.416 e. The molecule has 1 saturated heterocycles. The van der Waals surface area contributed by atoms with Crippen LogP contribution in [0, 0.1) is 0 Å². The van der Waals surface area contributed by atoms with E-state index in [2.05, 4.69) is 10.6 Å². The van der Waals surface area contributed by atoms with Gasteiger partial charge in [0.25, 0.3) is 17.7 Å². The lowest BCUT2D eigenvalue weighted by atomic mass is 10.0. The number of carbonyl (C=O) groups excluding carboxylic acids is 4. The monoisotopic (exact) mass is 461 g/mol. The smallest absolute Gasteiger partial charge is 0.372 e. The van der Waals surface area contributed by atoms with Crippen LogP contribution in [0.5, 0.6) is 0 Å². The highest BCUT2D eigenvalue weighted by Crippen LogP contribution is 2.30. The SMILES string of the molecule is O=C1CCC(N2C(=O)c3ccc(CNC(=O)c4ccc(C(F)(F)F)cc4)cc3C2=O)C(O)N1. The average molecular weight is 461 g/mol. The van der Waals surface area contributed by atoms with Crippen molar-refractivity contribution >= 4 is 23.6 Å². The number of piperidine rings is 1. The Balaban J connectivity index is 1.45. The maximum atomic E-state index is 12.9. The van der Waals surface area contributed by atoms with Crippen LogP contribution < -0.4 is 10.6 Å². The Morgan fingerprint density at radius 3 is 2.36 bits per heavy atom. The normalized spacial score (nSPS) is 20.5. The standard InChI is InChI=1S/C22H18F3N3O5/c23-22(24,25)13-4-2-12(3-5-13)18(30)26-10-11-1-6-14-15(9-11)21(33)28(20(14)32)16-7-8-17(29)27-19(16)31/h1-6,9,16,19,31H,7-8,10H2,(H,26,30)(H,27,29). The zero-order valence-electron chi connectivity index (χ0n) is 17.0. The highest BCUT2D eigenvalue weighted by atomic mass is 19.4. The highest BCUT2D eigenvalue weighted by Gasteiger charge is 2.44. The number of nitrogens with zero attached hydrogens (tertiary/aromatic N) is 1. The van der Waals surface area contributed by atoms with Gasteiger partial charge >= 0.3 is 6.18 Å². The van der Waals surface area contributed by atoms with Crippen molar-refractivity contribution in [2.75, 3.05) is 0 Å². The first kappa shape index (κ1) is 22.5. The molecule has 2 aliphatic heterocycles. The number of hydrogen-bond donors (Lipinski definition) is 3. The quantitative estimate of drug-likeness (QED) is 0.601. The molecule has 4 rings (SSSR count). The molecular weight excluding hydrogens is 443 g/mol. The summed E-state index contributed by atoms with van der Waals surface area (Å²) < 4.78 is 38.0. The van der Waals surface area contributed by atoms with Gasteiger partial charge in [-0.1, -0.05) is 6.07 Å². The van der Waals surface area contributed by atoms with E-state index in [4.69, 9.17) is 0 Å². The van der Waals surface area contributed by atoms with E-state index in [1.54, 1.807) is 6.07 Å². The minimum atomic E-state index is -4.50. The molecule has 2 unspecified atom stereocenters. The van der Waals surface area contributed by atoms with E-state index in [1.807, 2.05) is 0 Å². The number of alkyl halides is 3. The number of rotatable bonds is 4. The third-order valence-corrected chi connectivity index (χ3v) is 5.58. The average Bonchev–Trinajstić information content (AvgIpc) is 3.01. The number of aliphatic hydroxyl groups excluding tert-OH is 1. The van der Waals surface area contributed by atoms with Crippen LogP contribution in [0.2, 0.25) is 0 Å². The molecule has 1 fully saturated rings. The van der Waals surface area contributed by atoms with Gasteiger partial charge < -0.3 is 15.7 Å². The topological polar surface area (TPSA) is 116 Å². The van der Waals surface area contributed by atoms with Crippen molar-refractivity contribution < 1.29 is 37.5 Å². The molecule has 172 valence electrons. The molecule has 0 aromatic heterocycles. The Hall–Kier alpha value is -3.73. The van der Waals surface area contributed by atoms with Crippen molar-refractivity contribution in [2.45, 2.75) is 37.8 Å². The van der Waals surface area contributed by atoms with Gasteiger partial charge in [-0.05, 0) is 48.4 Å². The molecule has 0 radical (unpaired) electrons. The molecule has 2 aliphatic rings. The molecular formula is C22H18F3N3O5. The van der Waals surface area contributed by atoms with Crippen LogP contribution in [0.4, 0.5) is 13.2 Å². The molecule has 2 aromatic carbocycles. The second-order valence-electron chi connectivity index (χ2n) is 7.74. The Morgan fingerprint density at radius 1 is 1.06 bits per heavy atom. The number of halogens is 3. The molecule has 0 spiro atoms. The summed E-state index contributed by atoms with van der Waals surface area (Å²) in [6, 6.07) is 7.28. The van der Waals surface area contributed by atoms with Crippen molar-refractivity contribution in [2.24, 2.45) is 0 Å². The van der Waals surface area contributed by atoms with Crippen LogP contribution >= 0.6 is 0 Å². The second-order valence-corrected chi connectivity index (χ2v) is 7.74. The lowest BCUT2D eigenvalue weighted by Gasteiger charge is -2.33. The van der Waals surface area contributed by atoms with Crippen molar-refractivity contribution in [3.8, 4) is 0 Å². The van der Waals surface area contributed by atoms with Crippen molar-refractivity contribution in [3.63, 3.8) is 0 Å². The van der Waals surface area contributed by atoms with E-state index < -0.39 is 41.7 Å². The molecule has 0 saturated carbocycles. The number of imide groups is 1. The first-order valence-corrected chi connectivity index (χ1v) is 10.00. The third kappa shape index (κ3) is 4.31. The fourth-order valence-corrected chi connectivity index (χ4v) is 3.85. The summed E-state index contributed by atoms with van der Waals surface area (Å²) in [4.78, 5) is 50.2. The fourth-order valence-electron chi connectivity index (χ4n) is 3.85. The van der Waals surface area contributed by atoms with Crippen LogP contribution in [0.3, 0.4) is 0 Å². The van der Waals surface area contributed by atoms with E-state index in [9.17, 15) is 37.5 Å². The van der Waals surface area contributed by atoms with Gasteiger partial charge in [0.1, 0.15) is 6.23 Å². The molecule has 2 aromatic rings. The highest BCUT2D eigenvalue weighted by molar-refractivity contribution is 6.21. The van der Waals surface area contributed by atoms with E-state index in [-0.39, 0.29) is 42.0 Å². The fraction of sp³-hybridized carbons (Fsp3) is 0.273. The summed E-state index contributed by atoms with van der Waals surface area (Å²) in [5, 5.41) is 15.0. The summed E-state index contributed by atoms with van der Waals surface area (Å²) in [6.45, 7) is -0.0310. The first-order chi connectivity index (χ1) is 15.6. The van der Waals surface area contributed by atoms with Crippen LogP contribution in [0.15, 0.2) is 42.5 Å². The Morgan fingerprint density at radius 2 is 1.73 bits per heavy atom. The number of benzene rings is 2. The summed E-state index contributed by atoms with van der Waals surface area (Å²) in [5.41, 5.74) is -0.0928. The Bertz CT molecular complexity index is 1150. The summed E-state index contributed by atoms with van der Waals surface area (Å²) in [7, 11) is 0. The number of amides is 4. The third-order valence-electron chi connectivity index (χ3n) is 5.58. The molecule has 8 nitrogen and oxygen atoms in total. The largest absolute Gasteiger partial charge is 0.416 e. The molecule has 33 heavy (non-hydrogen) atoms. The molecule has 4 amide bonds. The number of nitrogens with one attached hydrogen (secondary N) is 2. The molecule has 11 heteroatoms. The van der Waals surface area contributed by atoms with Crippen LogP contribution in [0.1, 0.15) is 55.0 Å². The predicted molar refractivity (Wildman–Crippen MR) is 107 cm³/mol. The van der Waals surface area contributed by atoms with Crippen LogP contribution in [-0.4, -0.2) is 45.9 Å². The minimum Gasteiger partial charge on any atom is -0.372 e. The van der Waals surface area contributed by atoms with Gasteiger partial charge in [-0.3, -0.25) is 24.1 Å². The number of fused-ring (bicyclic) bond motifs is 1. The van der Waals surface area contributed by atoms with Crippen molar-refractivity contribution in [1.29, 1.82) is 0 Å². The van der Waals surface area contributed by atoms with Gasteiger partial charge in [-0.25, -0.2) is 0 Å². The lowest BCUT2D eigenvalue weighted by Crippen LogP contribution is -2.57. The summed E-state index contributed by atoms with van der Waals surface area (Å²) >= 11 is 0. The number of carbonyl (C=O) groups is 4. The molecule has 2 heterocycles. The predicted octanol–water partition coefficient (Wildman–Crippen LogP) is 1.83. The van der Waals surface area contributed by atoms with Gasteiger partial charge in [0.15, 0.2) is 0 Å².